The van der Waals surface area contributed by atoms with E-state index in [0.717, 1.165) is 73.8 Å². The van der Waals surface area contributed by atoms with Crippen molar-refractivity contribution < 1.29 is 65.4 Å². The van der Waals surface area contributed by atoms with Crippen molar-refractivity contribution in [2.75, 3.05) is 161 Å². The molecule has 0 bridgehead atoms. The topological polar surface area (TPSA) is 335 Å². The highest BCUT2D eigenvalue weighted by Gasteiger charge is 2.25. The number of aromatic nitrogens is 4. The number of nitrogens with one attached hydrogen (secondary N) is 7. The molecule has 8 rings (SSSR count). The maximum atomic E-state index is 13.9. The minimum absolute atomic E-state index is 0.0366. The van der Waals surface area contributed by atoms with Gasteiger partial charge in [0.1, 0.15) is 23.1 Å². The standard InChI is InChI=1S/C74H101N13O16S/c1-11-27-101-55-40-56(42-57(41-55)103-67-45-65-64(84(7)74(92)85(65)8)44-63(67)82-104(93,94)58-15-16-66(95-9)68(43-58)96-10)102-28-13-12-21-83(6)49-71(89)77-20-30-98-32-34-100-36-35-99-33-31-97-29-18-70(88)76-19-22-86-23-25-87(26-24-86)69-17-14-53(47-78-69)54-38-59(60(46-75)62(39-54)80-50(2)3)72(90)79-48-61-51(4)37-52(5)81-73(61)91/h14-17,37-47,50,75,80,82H,11-13,18-36,48-49H2,1-10H3,(H,76,88)(H,77,89)(H,79,90)(H,81,91). The molecule has 4 aromatic carbocycles. The Bertz CT molecular complexity index is 4250. The van der Waals surface area contributed by atoms with Gasteiger partial charge < -0.3 is 79.2 Å². The first-order valence-corrected chi connectivity index (χ1v) is 36.5. The highest BCUT2D eigenvalue weighted by Crippen LogP contribution is 2.39. The minimum atomic E-state index is -4.22. The minimum Gasteiger partial charge on any atom is -0.493 e. The number of imidazole rings is 1. The van der Waals surface area contributed by atoms with Crippen LogP contribution in [0.25, 0.3) is 22.2 Å². The zero-order valence-corrected chi connectivity index (χ0v) is 62.1. The maximum absolute atomic E-state index is 13.9. The van der Waals surface area contributed by atoms with Crippen molar-refractivity contribution in [3.63, 3.8) is 0 Å². The summed E-state index contributed by atoms with van der Waals surface area (Å²) >= 11 is 0. The van der Waals surface area contributed by atoms with Gasteiger partial charge in [-0.3, -0.25) is 42.8 Å². The van der Waals surface area contributed by atoms with E-state index in [-0.39, 0.29) is 77.3 Å². The lowest BCUT2D eigenvalue weighted by Gasteiger charge is -2.35. The fourth-order valence-corrected chi connectivity index (χ4v) is 12.7. The SMILES string of the molecule is CCCOc1cc(OCCCCN(C)CC(=O)NCCOCCOCCOCCOCCC(=O)NCCN2CCN(c3ccc(-c4cc(NC(C)C)c(C=N)c(C(=O)NCc5c(C)cc(C)[nH]c5=O)c4)cn3)CC2)cc(Oc2cc3c(cc2NS(=O)(=O)c2ccc(OC)c(OC)c2)n(C)c(=O)n3C)c1. The van der Waals surface area contributed by atoms with Gasteiger partial charge in [0.05, 0.1) is 114 Å². The van der Waals surface area contributed by atoms with Crippen molar-refractivity contribution in [2.45, 2.75) is 77.8 Å². The molecule has 0 spiro atoms. The normalized spacial score (nSPS) is 12.6. The zero-order valence-electron chi connectivity index (χ0n) is 61.3. The van der Waals surface area contributed by atoms with Crippen LogP contribution in [0, 0.1) is 19.3 Å². The number of aromatic amines is 1. The van der Waals surface area contributed by atoms with Crippen LogP contribution < -0.4 is 65.8 Å². The third-order valence-electron chi connectivity index (χ3n) is 17.1. The average Bonchev–Trinajstić information content (AvgIpc) is 1.61. The number of likely N-dealkylation sites (N-methyl/N-ethyl adjacent to an activating group) is 1. The number of unbranched alkanes of at least 4 members (excludes halogenated alkanes) is 1. The number of pyridine rings is 2. The van der Waals surface area contributed by atoms with Gasteiger partial charge in [-0.25, -0.2) is 18.2 Å². The van der Waals surface area contributed by atoms with Crippen LogP contribution in [0.3, 0.4) is 0 Å². The van der Waals surface area contributed by atoms with Gasteiger partial charge in [0.15, 0.2) is 17.2 Å². The van der Waals surface area contributed by atoms with Gasteiger partial charge in [-0.2, -0.15) is 0 Å². The van der Waals surface area contributed by atoms with Crippen molar-refractivity contribution in [3.8, 4) is 45.6 Å². The first-order valence-electron chi connectivity index (χ1n) is 35.0. The molecule has 104 heavy (non-hydrogen) atoms. The smallest absolute Gasteiger partial charge is 0.328 e. The molecule has 1 aliphatic rings. The quantitative estimate of drug-likeness (QED) is 0.0149. The molecular formula is C74H101N13O16S. The molecule has 3 aromatic heterocycles. The van der Waals surface area contributed by atoms with Crippen LogP contribution in [-0.4, -0.2) is 214 Å². The molecule has 0 radical (unpaired) electrons. The average molecular weight is 1460 g/mol. The van der Waals surface area contributed by atoms with Gasteiger partial charge in [-0.15, -0.1) is 0 Å². The molecule has 7 aromatic rings. The van der Waals surface area contributed by atoms with Crippen LogP contribution in [-0.2, 0) is 59.2 Å². The van der Waals surface area contributed by atoms with Gasteiger partial charge in [-0.1, -0.05) is 6.92 Å². The number of anilines is 3. The Morgan fingerprint density at radius 3 is 1.99 bits per heavy atom. The van der Waals surface area contributed by atoms with Crippen LogP contribution in [0.1, 0.15) is 79.2 Å². The predicted molar refractivity (Wildman–Crippen MR) is 400 cm³/mol. The summed E-state index contributed by atoms with van der Waals surface area (Å²) < 4.78 is 85.0. The molecule has 564 valence electrons. The summed E-state index contributed by atoms with van der Waals surface area (Å²) in [5.74, 6) is 2.19. The van der Waals surface area contributed by atoms with Crippen molar-refractivity contribution in [1.29, 1.82) is 5.41 Å². The third kappa shape index (κ3) is 23.5. The van der Waals surface area contributed by atoms with Gasteiger partial charge in [0.25, 0.3) is 21.5 Å². The van der Waals surface area contributed by atoms with Gasteiger partial charge in [-0.05, 0) is 120 Å². The lowest BCUT2D eigenvalue weighted by atomic mass is 9.97. The third-order valence-corrected chi connectivity index (χ3v) is 18.4. The number of rotatable bonds is 44. The lowest BCUT2D eigenvalue weighted by molar-refractivity contribution is -0.123. The van der Waals surface area contributed by atoms with E-state index in [1.54, 1.807) is 56.7 Å². The molecule has 4 heterocycles. The zero-order chi connectivity index (χ0) is 74.7. The number of methoxy groups -OCH3 is 2. The maximum Gasteiger partial charge on any atom is 0.328 e. The second-order valence-electron chi connectivity index (χ2n) is 25.4. The Morgan fingerprint density at radius 2 is 1.35 bits per heavy atom. The molecule has 0 unspecified atom stereocenters. The first-order chi connectivity index (χ1) is 50.1. The first kappa shape index (κ1) is 80.1. The monoisotopic (exact) mass is 1460 g/mol. The van der Waals surface area contributed by atoms with E-state index in [9.17, 15) is 32.4 Å². The summed E-state index contributed by atoms with van der Waals surface area (Å²) in [6, 6.07) is 22.1. The van der Waals surface area contributed by atoms with Crippen LogP contribution in [0.2, 0.25) is 0 Å². The number of aryl methyl sites for hydroxylation is 4. The number of sulfonamides is 1. The van der Waals surface area contributed by atoms with Gasteiger partial charge in [0, 0.05) is 150 Å². The molecular weight excluding hydrogens is 1360 g/mol. The second-order valence-corrected chi connectivity index (χ2v) is 27.1. The molecule has 1 fully saturated rings. The Kier molecular flexibility index (Phi) is 30.8. The Labute approximate surface area is 607 Å². The number of benzene rings is 4. The Morgan fingerprint density at radius 1 is 0.692 bits per heavy atom. The lowest BCUT2D eigenvalue weighted by Crippen LogP contribution is -2.48. The summed E-state index contributed by atoms with van der Waals surface area (Å²) in [7, 11) is 3.74. The number of fused-ring (bicyclic) bond motifs is 1. The molecule has 0 atom stereocenters. The highest BCUT2D eigenvalue weighted by molar-refractivity contribution is 7.92. The molecule has 0 saturated carbocycles. The number of hydrogen-bond donors (Lipinski definition) is 7. The number of nitrogens with zero attached hydrogens (tertiary/aromatic N) is 6. The number of amides is 3. The van der Waals surface area contributed by atoms with Crippen molar-refractivity contribution in [2.24, 2.45) is 14.1 Å². The Hall–Kier alpha value is -9.56. The summed E-state index contributed by atoms with van der Waals surface area (Å²) in [4.78, 5) is 78.6. The summed E-state index contributed by atoms with van der Waals surface area (Å²) in [6.45, 7) is 18.9. The van der Waals surface area contributed by atoms with Gasteiger partial charge >= 0.3 is 5.69 Å². The van der Waals surface area contributed by atoms with E-state index in [1.165, 1.54) is 47.8 Å². The molecule has 3 amide bonds. The van der Waals surface area contributed by atoms with E-state index in [0.29, 0.717) is 142 Å². The summed E-state index contributed by atoms with van der Waals surface area (Å²) in [6.07, 6.45) is 5.38. The summed E-state index contributed by atoms with van der Waals surface area (Å²) in [5, 5.41) is 20.4. The van der Waals surface area contributed by atoms with Crippen LogP contribution in [0.5, 0.6) is 34.5 Å². The number of piperazine rings is 1. The molecule has 29 nitrogen and oxygen atoms in total. The van der Waals surface area contributed by atoms with Crippen LogP contribution in [0.4, 0.5) is 17.2 Å². The number of ether oxygens (including phenoxy) is 9. The molecule has 30 heteroatoms. The van der Waals surface area contributed by atoms with Crippen molar-refractivity contribution in [3.05, 3.63) is 134 Å². The fourth-order valence-electron chi connectivity index (χ4n) is 11.6. The molecule has 1 saturated heterocycles. The summed E-state index contributed by atoms with van der Waals surface area (Å²) in [5.41, 5.74) is 5.49. The van der Waals surface area contributed by atoms with Crippen molar-refractivity contribution in [1.82, 2.24) is 44.9 Å². The van der Waals surface area contributed by atoms with E-state index in [1.807, 2.05) is 70.8 Å². The second kappa shape index (κ2) is 39.9. The van der Waals surface area contributed by atoms with E-state index in [4.69, 9.17) is 53.0 Å². The van der Waals surface area contributed by atoms with E-state index in [2.05, 4.69) is 40.8 Å². The largest absolute Gasteiger partial charge is 0.493 e. The fraction of sp³-hybridized carbons (Fsp3) is 0.473. The van der Waals surface area contributed by atoms with Gasteiger partial charge in [0.2, 0.25) is 11.8 Å². The number of H-pyrrole nitrogens is 1. The van der Waals surface area contributed by atoms with Crippen LogP contribution in [0.15, 0.2) is 99.5 Å². The van der Waals surface area contributed by atoms with E-state index >= 15 is 0 Å². The van der Waals surface area contributed by atoms with E-state index < -0.39 is 15.9 Å². The molecule has 7 N–H and O–H groups in total. The highest BCUT2D eigenvalue weighted by atomic mass is 32.2. The Balaban J connectivity index is 0.632. The number of carbonyl (C=O) groups is 3. The number of hydrogen-bond acceptors (Lipinski definition) is 22. The molecule has 1 aliphatic heterocycles. The van der Waals surface area contributed by atoms with Crippen LogP contribution >= 0.6 is 0 Å². The van der Waals surface area contributed by atoms with Crippen molar-refractivity contribution >= 4 is 62.2 Å². The number of carbonyl (C=O) groups excluding carboxylic acids is 3. The predicted octanol–water partition coefficient (Wildman–Crippen LogP) is 6.99. The molecule has 0 aliphatic carbocycles.